The Kier molecular flexibility index (Phi) is 4.24. The van der Waals surface area contributed by atoms with Crippen LogP contribution in [-0.4, -0.2) is 18.1 Å². The standard InChI is InChI=1S/C12H17F2NO/c1-12(8-15,11(13)14)7-6-9-2-4-10(16)5-3-9/h2-5,11,16H,6-8,15H2,1H3. The molecule has 16 heavy (non-hydrogen) atoms. The van der Waals surface area contributed by atoms with Crippen LogP contribution in [0, 0.1) is 5.41 Å². The quantitative estimate of drug-likeness (QED) is 0.815. The fourth-order valence-corrected chi connectivity index (χ4v) is 1.39. The van der Waals surface area contributed by atoms with Crippen molar-refractivity contribution < 1.29 is 13.9 Å². The van der Waals surface area contributed by atoms with Crippen molar-refractivity contribution >= 4 is 0 Å². The first-order chi connectivity index (χ1) is 7.48. The molecule has 0 radical (unpaired) electrons. The number of aryl methyl sites for hydroxylation is 1. The second-order valence-electron chi connectivity index (χ2n) is 4.33. The van der Waals surface area contributed by atoms with E-state index >= 15 is 0 Å². The molecule has 0 amide bonds. The molecular formula is C12H17F2NO. The zero-order valence-electron chi connectivity index (χ0n) is 9.29. The largest absolute Gasteiger partial charge is 0.508 e. The highest BCUT2D eigenvalue weighted by Crippen LogP contribution is 2.30. The summed E-state index contributed by atoms with van der Waals surface area (Å²) in [5, 5.41) is 9.08. The zero-order valence-corrected chi connectivity index (χ0v) is 9.29. The van der Waals surface area contributed by atoms with Crippen molar-refractivity contribution in [2.45, 2.75) is 26.2 Å². The molecule has 1 atom stereocenters. The Hall–Kier alpha value is -1.16. The van der Waals surface area contributed by atoms with Crippen LogP contribution in [0.4, 0.5) is 8.78 Å². The van der Waals surface area contributed by atoms with Gasteiger partial charge in [0.1, 0.15) is 5.75 Å². The molecule has 1 aromatic rings. The summed E-state index contributed by atoms with van der Waals surface area (Å²) in [5.41, 5.74) is 5.18. The van der Waals surface area contributed by atoms with Crippen molar-refractivity contribution in [2.24, 2.45) is 11.1 Å². The molecule has 0 spiro atoms. The van der Waals surface area contributed by atoms with E-state index in [1.54, 1.807) is 24.3 Å². The van der Waals surface area contributed by atoms with Gasteiger partial charge in [-0.3, -0.25) is 0 Å². The van der Waals surface area contributed by atoms with E-state index < -0.39 is 11.8 Å². The Balaban J connectivity index is 2.59. The number of hydrogen-bond donors (Lipinski definition) is 2. The van der Waals surface area contributed by atoms with Gasteiger partial charge < -0.3 is 10.8 Å². The van der Waals surface area contributed by atoms with Crippen molar-refractivity contribution in [3.05, 3.63) is 29.8 Å². The van der Waals surface area contributed by atoms with Crippen LogP contribution in [0.25, 0.3) is 0 Å². The van der Waals surface area contributed by atoms with Gasteiger partial charge in [-0.25, -0.2) is 8.78 Å². The molecule has 1 unspecified atom stereocenters. The third kappa shape index (κ3) is 3.17. The van der Waals surface area contributed by atoms with Crippen LogP contribution in [0.1, 0.15) is 18.9 Å². The topological polar surface area (TPSA) is 46.2 Å². The lowest BCUT2D eigenvalue weighted by Gasteiger charge is -2.26. The Labute approximate surface area is 94.1 Å². The molecule has 0 saturated heterocycles. The minimum atomic E-state index is -2.41. The number of hydrogen-bond acceptors (Lipinski definition) is 2. The van der Waals surface area contributed by atoms with Crippen molar-refractivity contribution in [1.29, 1.82) is 0 Å². The molecule has 0 aliphatic carbocycles. The number of phenolic OH excluding ortho intramolecular Hbond substituents is 1. The van der Waals surface area contributed by atoms with Gasteiger partial charge in [-0.15, -0.1) is 0 Å². The predicted octanol–water partition coefficient (Wildman–Crippen LogP) is 2.55. The van der Waals surface area contributed by atoms with E-state index in [0.717, 1.165) is 5.56 Å². The first-order valence-electron chi connectivity index (χ1n) is 5.24. The van der Waals surface area contributed by atoms with Crippen molar-refractivity contribution in [2.75, 3.05) is 6.54 Å². The van der Waals surface area contributed by atoms with E-state index in [1.807, 2.05) is 0 Å². The second-order valence-corrected chi connectivity index (χ2v) is 4.33. The summed E-state index contributed by atoms with van der Waals surface area (Å²) in [6.07, 6.45) is -1.53. The van der Waals surface area contributed by atoms with Gasteiger partial charge in [0.25, 0.3) is 0 Å². The molecule has 0 aliphatic rings. The van der Waals surface area contributed by atoms with Gasteiger partial charge in [0.05, 0.1) is 0 Å². The fourth-order valence-electron chi connectivity index (χ4n) is 1.39. The lowest BCUT2D eigenvalue weighted by Crippen LogP contribution is -2.35. The van der Waals surface area contributed by atoms with E-state index in [-0.39, 0.29) is 12.3 Å². The summed E-state index contributed by atoms with van der Waals surface area (Å²) in [6.45, 7) is 1.47. The molecule has 0 bridgehead atoms. The molecular weight excluding hydrogens is 212 g/mol. The van der Waals surface area contributed by atoms with Gasteiger partial charge in [-0.05, 0) is 30.5 Å². The van der Waals surface area contributed by atoms with Crippen molar-refractivity contribution in [3.8, 4) is 5.75 Å². The van der Waals surface area contributed by atoms with Gasteiger partial charge in [0.2, 0.25) is 6.43 Å². The van der Waals surface area contributed by atoms with Crippen LogP contribution in [0.5, 0.6) is 5.75 Å². The number of rotatable bonds is 5. The number of phenols is 1. The first kappa shape index (κ1) is 12.9. The average Bonchev–Trinajstić information content (AvgIpc) is 2.27. The van der Waals surface area contributed by atoms with Gasteiger partial charge in [0, 0.05) is 12.0 Å². The number of alkyl halides is 2. The highest BCUT2D eigenvalue weighted by atomic mass is 19.3. The zero-order chi connectivity index (χ0) is 12.2. The van der Waals surface area contributed by atoms with Crippen molar-refractivity contribution in [3.63, 3.8) is 0 Å². The fraction of sp³-hybridized carbons (Fsp3) is 0.500. The van der Waals surface area contributed by atoms with Crippen LogP contribution in [-0.2, 0) is 6.42 Å². The van der Waals surface area contributed by atoms with Gasteiger partial charge in [0.15, 0.2) is 0 Å². The molecule has 0 aliphatic heterocycles. The van der Waals surface area contributed by atoms with Gasteiger partial charge in [-0.2, -0.15) is 0 Å². The lowest BCUT2D eigenvalue weighted by atomic mass is 9.84. The molecule has 0 heterocycles. The molecule has 1 rings (SSSR count). The lowest BCUT2D eigenvalue weighted by molar-refractivity contribution is 0.00755. The summed E-state index contributed by atoms with van der Waals surface area (Å²) >= 11 is 0. The molecule has 2 nitrogen and oxygen atoms in total. The van der Waals surface area contributed by atoms with E-state index in [9.17, 15) is 8.78 Å². The average molecular weight is 229 g/mol. The summed E-state index contributed by atoms with van der Waals surface area (Å²) in [4.78, 5) is 0. The SMILES string of the molecule is CC(CN)(CCc1ccc(O)cc1)C(F)F. The number of nitrogens with two attached hydrogens (primary N) is 1. The molecule has 0 saturated carbocycles. The second kappa shape index (κ2) is 5.25. The molecule has 0 aromatic heterocycles. The van der Waals surface area contributed by atoms with Crippen LogP contribution in [0.3, 0.4) is 0 Å². The minimum Gasteiger partial charge on any atom is -0.508 e. The number of benzene rings is 1. The monoisotopic (exact) mass is 229 g/mol. The Morgan fingerprint density at radius 2 is 1.88 bits per heavy atom. The van der Waals surface area contributed by atoms with E-state index in [4.69, 9.17) is 10.8 Å². The molecule has 4 heteroatoms. The smallest absolute Gasteiger partial charge is 0.245 e. The highest BCUT2D eigenvalue weighted by Gasteiger charge is 2.32. The third-order valence-electron chi connectivity index (χ3n) is 2.91. The number of aromatic hydroxyl groups is 1. The van der Waals surface area contributed by atoms with Gasteiger partial charge in [-0.1, -0.05) is 19.1 Å². The van der Waals surface area contributed by atoms with E-state index in [2.05, 4.69) is 0 Å². The van der Waals surface area contributed by atoms with Gasteiger partial charge >= 0.3 is 0 Å². The minimum absolute atomic E-state index is 0.0250. The number of halogens is 2. The summed E-state index contributed by atoms with van der Waals surface area (Å²) < 4.78 is 25.5. The maximum absolute atomic E-state index is 12.7. The summed E-state index contributed by atoms with van der Waals surface area (Å²) in [7, 11) is 0. The summed E-state index contributed by atoms with van der Waals surface area (Å²) in [6, 6.07) is 6.57. The Bertz CT molecular complexity index is 326. The normalized spacial score (nSPS) is 15.1. The Morgan fingerprint density at radius 1 is 1.31 bits per heavy atom. The van der Waals surface area contributed by atoms with Crippen LogP contribution in [0.2, 0.25) is 0 Å². The van der Waals surface area contributed by atoms with E-state index in [1.165, 1.54) is 6.92 Å². The van der Waals surface area contributed by atoms with Crippen LogP contribution in [0.15, 0.2) is 24.3 Å². The van der Waals surface area contributed by atoms with Crippen molar-refractivity contribution in [1.82, 2.24) is 0 Å². The highest BCUT2D eigenvalue weighted by molar-refractivity contribution is 5.26. The molecule has 90 valence electrons. The summed E-state index contributed by atoms with van der Waals surface area (Å²) in [5.74, 6) is 0.180. The molecule has 3 N–H and O–H groups in total. The predicted molar refractivity (Wildman–Crippen MR) is 59.6 cm³/mol. The third-order valence-corrected chi connectivity index (χ3v) is 2.91. The maximum Gasteiger partial charge on any atom is 0.245 e. The van der Waals surface area contributed by atoms with Crippen LogP contribution < -0.4 is 5.73 Å². The maximum atomic E-state index is 12.7. The van der Waals surface area contributed by atoms with Crippen LogP contribution >= 0.6 is 0 Å². The van der Waals surface area contributed by atoms with E-state index in [0.29, 0.717) is 12.8 Å². The first-order valence-corrected chi connectivity index (χ1v) is 5.24. The molecule has 0 fully saturated rings. The Morgan fingerprint density at radius 3 is 2.31 bits per heavy atom. The molecule has 1 aromatic carbocycles.